The van der Waals surface area contributed by atoms with Gasteiger partial charge in [-0.25, -0.2) is 0 Å². The Morgan fingerprint density at radius 2 is 1.95 bits per heavy atom. The summed E-state index contributed by atoms with van der Waals surface area (Å²) in [5.74, 6) is 0. The van der Waals surface area contributed by atoms with E-state index in [-0.39, 0.29) is 0 Å². The predicted molar refractivity (Wildman–Crippen MR) is 78.7 cm³/mol. The molecular weight excluding hydrogens is 232 g/mol. The lowest BCUT2D eigenvalue weighted by molar-refractivity contribution is 0.265. The van der Waals surface area contributed by atoms with Crippen molar-refractivity contribution < 1.29 is 0 Å². The first kappa shape index (κ1) is 12.0. The molecule has 0 atom stereocenters. The largest absolute Gasteiger partial charge is 0.334 e. The predicted octanol–water partition coefficient (Wildman–Crippen LogP) is 3.53. The summed E-state index contributed by atoms with van der Waals surface area (Å²) in [5.41, 5.74) is 2.61. The maximum Gasteiger partial charge on any atom is 0.0751 e. The molecule has 1 heterocycles. The molecule has 0 unspecified atom stereocenters. The van der Waals surface area contributed by atoms with Gasteiger partial charge in [-0.15, -0.1) is 0 Å². The van der Waals surface area contributed by atoms with Crippen LogP contribution in [-0.4, -0.2) is 16.5 Å². The third-order valence-electron chi connectivity index (χ3n) is 3.30. The average molecular weight is 249 g/mol. The summed E-state index contributed by atoms with van der Waals surface area (Å²) in [7, 11) is 2.15. The molecule has 2 aromatic carbocycles. The van der Waals surface area contributed by atoms with Gasteiger partial charge in [0, 0.05) is 23.6 Å². The standard InChI is InChI=1S/C17H17N2/c1-18(13-15-7-3-2-4-8-15)14-19-12-11-16-9-5-6-10-17(16)19/h2-4,6-12H,13-14H2,1H3. The molecule has 1 radical (unpaired) electrons. The van der Waals surface area contributed by atoms with E-state index in [4.69, 9.17) is 0 Å². The van der Waals surface area contributed by atoms with E-state index in [9.17, 15) is 0 Å². The van der Waals surface area contributed by atoms with E-state index in [1.165, 1.54) is 16.5 Å². The zero-order chi connectivity index (χ0) is 13.1. The van der Waals surface area contributed by atoms with Crippen LogP contribution in [0.3, 0.4) is 0 Å². The van der Waals surface area contributed by atoms with Crippen molar-refractivity contribution in [1.29, 1.82) is 0 Å². The van der Waals surface area contributed by atoms with Crippen LogP contribution >= 0.6 is 0 Å². The molecule has 0 fully saturated rings. The number of benzene rings is 2. The molecule has 0 aliphatic heterocycles. The molecule has 0 bridgehead atoms. The highest BCUT2D eigenvalue weighted by Gasteiger charge is 2.04. The van der Waals surface area contributed by atoms with Crippen molar-refractivity contribution in [3.05, 3.63) is 72.4 Å². The summed E-state index contributed by atoms with van der Waals surface area (Å²) in [4.78, 5) is 2.31. The van der Waals surface area contributed by atoms with Crippen molar-refractivity contribution in [1.82, 2.24) is 9.47 Å². The van der Waals surface area contributed by atoms with E-state index in [0.717, 1.165) is 13.2 Å². The molecule has 0 spiro atoms. The maximum atomic E-state index is 3.11. The van der Waals surface area contributed by atoms with Gasteiger partial charge in [0.2, 0.25) is 0 Å². The molecule has 1 aromatic heterocycles. The van der Waals surface area contributed by atoms with E-state index in [0.29, 0.717) is 0 Å². The lowest BCUT2D eigenvalue weighted by Gasteiger charge is -2.18. The summed E-state index contributed by atoms with van der Waals surface area (Å²) < 4.78 is 2.27. The monoisotopic (exact) mass is 249 g/mol. The highest BCUT2D eigenvalue weighted by Crippen LogP contribution is 2.15. The summed E-state index contributed by atoms with van der Waals surface area (Å²) in [6, 6.07) is 21.9. The quantitative estimate of drug-likeness (QED) is 0.686. The molecule has 0 aliphatic rings. The number of nitrogens with zero attached hydrogens (tertiary/aromatic N) is 2. The van der Waals surface area contributed by atoms with Gasteiger partial charge in [-0.2, -0.15) is 0 Å². The molecular formula is C17H17N2. The normalized spacial score (nSPS) is 11.3. The zero-order valence-corrected chi connectivity index (χ0v) is 11.1. The van der Waals surface area contributed by atoms with Crippen LogP contribution in [0.5, 0.6) is 0 Å². The Balaban J connectivity index is 1.74. The molecule has 95 valence electrons. The fraction of sp³-hybridized carbons (Fsp3) is 0.176. The summed E-state index contributed by atoms with van der Waals surface area (Å²) >= 11 is 0. The number of rotatable bonds is 4. The van der Waals surface area contributed by atoms with Gasteiger partial charge >= 0.3 is 0 Å². The van der Waals surface area contributed by atoms with Crippen LogP contribution in [0.25, 0.3) is 10.9 Å². The third-order valence-corrected chi connectivity index (χ3v) is 3.30. The van der Waals surface area contributed by atoms with Crippen molar-refractivity contribution in [3.8, 4) is 0 Å². The van der Waals surface area contributed by atoms with E-state index in [1.54, 1.807) is 0 Å². The van der Waals surface area contributed by atoms with Crippen molar-refractivity contribution >= 4 is 10.9 Å². The van der Waals surface area contributed by atoms with E-state index < -0.39 is 0 Å². The van der Waals surface area contributed by atoms with Gasteiger partial charge in [-0.05, 0) is 36.9 Å². The fourth-order valence-electron chi connectivity index (χ4n) is 2.41. The molecule has 0 saturated heterocycles. The van der Waals surface area contributed by atoms with Gasteiger partial charge in [0.15, 0.2) is 0 Å². The zero-order valence-electron chi connectivity index (χ0n) is 11.1. The second-order valence-corrected chi connectivity index (χ2v) is 4.91. The maximum absolute atomic E-state index is 3.11. The summed E-state index contributed by atoms with van der Waals surface area (Å²) in [6.45, 7) is 1.85. The van der Waals surface area contributed by atoms with Gasteiger partial charge in [0.1, 0.15) is 0 Å². The van der Waals surface area contributed by atoms with Crippen LogP contribution in [0.15, 0.2) is 60.8 Å². The smallest absolute Gasteiger partial charge is 0.0751 e. The van der Waals surface area contributed by atoms with Crippen LogP contribution in [0.1, 0.15) is 5.56 Å². The minimum atomic E-state index is 0.891. The van der Waals surface area contributed by atoms with E-state index >= 15 is 0 Å². The summed E-state index contributed by atoms with van der Waals surface area (Å²) in [5, 5.41) is 1.25. The van der Waals surface area contributed by atoms with Crippen molar-refractivity contribution in [3.63, 3.8) is 0 Å². The Morgan fingerprint density at radius 1 is 1.11 bits per heavy atom. The van der Waals surface area contributed by atoms with Crippen molar-refractivity contribution in [2.24, 2.45) is 0 Å². The Kier molecular flexibility index (Phi) is 3.34. The molecule has 3 rings (SSSR count). The first-order valence-corrected chi connectivity index (χ1v) is 6.50. The van der Waals surface area contributed by atoms with Gasteiger partial charge in [0.25, 0.3) is 0 Å². The second kappa shape index (κ2) is 5.29. The number of aromatic nitrogens is 1. The van der Waals surface area contributed by atoms with Crippen LogP contribution in [0.2, 0.25) is 0 Å². The lowest BCUT2D eigenvalue weighted by Crippen LogP contribution is -2.21. The van der Waals surface area contributed by atoms with E-state index in [1.807, 2.05) is 12.1 Å². The minimum absolute atomic E-state index is 0.891. The minimum Gasteiger partial charge on any atom is -0.334 e. The van der Waals surface area contributed by atoms with Crippen LogP contribution in [0, 0.1) is 6.07 Å². The Labute approximate surface area is 113 Å². The molecule has 19 heavy (non-hydrogen) atoms. The Bertz CT molecular complexity index is 655. The number of fused-ring (bicyclic) bond motifs is 1. The first-order valence-electron chi connectivity index (χ1n) is 6.50. The lowest BCUT2D eigenvalue weighted by atomic mass is 10.2. The molecule has 0 N–H and O–H groups in total. The highest BCUT2D eigenvalue weighted by atomic mass is 15.2. The summed E-state index contributed by atoms with van der Waals surface area (Å²) in [6.07, 6.45) is 2.14. The molecule has 0 saturated carbocycles. The number of hydrogen-bond acceptors (Lipinski definition) is 1. The van der Waals surface area contributed by atoms with Crippen molar-refractivity contribution in [2.45, 2.75) is 13.2 Å². The third kappa shape index (κ3) is 2.69. The van der Waals surface area contributed by atoms with Gasteiger partial charge in [0.05, 0.1) is 6.67 Å². The molecule has 0 aliphatic carbocycles. The van der Waals surface area contributed by atoms with Crippen molar-refractivity contribution in [2.75, 3.05) is 7.05 Å². The average Bonchev–Trinajstić information content (AvgIpc) is 2.83. The number of hydrogen-bond donors (Lipinski definition) is 0. The van der Waals surface area contributed by atoms with Crippen LogP contribution < -0.4 is 0 Å². The molecule has 2 heteroatoms. The Hall–Kier alpha value is -2.06. The van der Waals surface area contributed by atoms with Gasteiger partial charge in [-0.1, -0.05) is 36.4 Å². The SMILES string of the molecule is CN(Cc1ccccc1)Cn1ccc2c[c]ccc21. The van der Waals surface area contributed by atoms with Gasteiger partial charge in [-0.3, -0.25) is 4.90 Å². The second-order valence-electron chi connectivity index (χ2n) is 4.91. The molecule has 0 amide bonds. The highest BCUT2D eigenvalue weighted by molar-refractivity contribution is 5.79. The molecule has 2 nitrogen and oxygen atoms in total. The van der Waals surface area contributed by atoms with E-state index in [2.05, 4.69) is 71.2 Å². The van der Waals surface area contributed by atoms with Crippen LogP contribution in [0.4, 0.5) is 0 Å². The molecule has 3 aromatic rings. The van der Waals surface area contributed by atoms with Gasteiger partial charge < -0.3 is 4.57 Å². The Morgan fingerprint density at radius 3 is 2.79 bits per heavy atom. The first-order chi connectivity index (χ1) is 9.33. The topological polar surface area (TPSA) is 8.17 Å². The fourth-order valence-corrected chi connectivity index (χ4v) is 2.41. The van der Waals surface area contributed by atoms with Crippen LogP contribution in [-0.2, 0) is 13.2 Å².